The molecule has 1 aromatic carbocycles. The summed E-state index contributed by atoms with van der Waals surface area (Å²) < 4.78 is 0. The van der Waals surface area contributed by atoms with Gasteiger partial charge in [0, 0.05) is 12.1 Å². The van der Waals surface area contributed by atoms with Gasteiger partial charge in [-0.25, -0.2) is 0 Å². The smallest absolute Gasteiger partial charge is 0.0238 e. The van der Waals surface area contributed by atoms with E-state index in [1.54, 1.807) is 0 Å². The van der Waals surface area contributed by atoms with Crippen LogP contribution in [-0.2, 0) is 6.54 Å². The number of nitrogens with zero attached hydrogens (tertiary/aromatic N) is 1. The first kappa shape index (κ1) is 16.2. The molecule has 1 aromatic rings. The zero-order valence-corrected chi connectivity index (χ0v) is 13.9. The molecule has 0 amide bonds. The fourth-order valence-corrected chi connectivity index (χ4v) is 3.08. The highest BCUT2D eigenvalue weighted by molar-refractivity contribution is 5.21. The maximum absolute atomic E-state index is 2.59. The topological polar surface area (TPSA) is 3.24 Å². The van der Waals surface area contributed by atoms with Crippen molar-refractivity contribution in [3.05, 3.63) is 35.4 Å². The molecule has 0 heterocycles. The zero-order valence-electron chi connectivity index (χ0n) is 13.9. The highest BCUT2D eigenvalue weighted by atomic mass is 15.2. The van der Waals surface area contributed by atoms with Gasteiger partial charge in [0.2, 0.25) is 0 Å². The van der Waals surface area contributed by atoms with Crippen LogP contribution in [-0.4, -0.2) is 17.0 Å². The van der Waals surface area contributed by atoms with E-state index in [1.165, 1.54) is 17.5 Å². The van der Waals surface area contributed by atoms with Crippen LogP contribution in [0.1, 0.15) is 59.1 Å². The van der Waals surface area contributed by atoms with Gasteiger partial charge in [-0.2, -0.15) is 0 Å². The van der Waals surface area contributed by atoms with Gasteiger partial charge in [0.25, 0.3) is 0 Å². The summed E-state index contributed by atoms with van der Waals surface area (Å²) in [5.41, 5.74) is 3.34. The van der Waals surface area contributed by atoms with E-state index in [2.05, 4.69) is 77.6 Å². The van der Waals surface area contributed by atoms with E-state index in [0.717, 1.165) is 13.1 Å². The molecule has 1 heteroatoms. The lowest BCUT2D eigenvalue weighted by Crippen LogP contribution is -2.45. The van der Waals surface area contributed by atoms with Gasteiger partial charge in [-0.3, -0.25) is 4.90 Å². The molecule has 108 valence electrons. The van der Waals surface area contributed by atoms with Crippen molar-refractivity contribution in [2.75, 3.05) is 6.54 Å². The summed E-state index contributed by atoms with van der Waals surface area (Å²) in [4.78, 5) is 2.59. The van der Waals surface area contributed by atoms with E-state index < -0.39 is 0 Å². The molecule has 0 aliphatic carbocycles. The molecule has 0 spiro atoms. The van der Waals surface area contributed by atoms with Crippen LogP contribution >= 0.6 is 0 Å². The fraction of sp³-hybridized carbons (Fsp3) is 0.667. The predicted molar refractivity (Wildman–Crippen MR) is 85.4 cm³/mol. The van der Waals surface area contributed by atoms with Crippen molar-refractivity contribution in [3.8, 4) is 0 Å². The van der Waals surface area contributed by atoms with Crippen molar-refractivity contribution in [2.24, 2.45) is 5.41 Å². The number of hydrogen-bond donors (Lipinski definition) is 0. The van der Waals surface area contributed by atoms with Crippen LogP contribution in [0.2, 0.25) is 0 Å². The van der Waals surface area contributed by atoms with Crippen molar-refractivity contribution in [1.82, 2.24) is 4.90 Å². The summed E-state index contributed by atoms with van der Waals surface area (Å²) in [6.07, 6.45) is 1.21. The monoisotopic (exact) mass is 261 g/mol. The van der Waals surface area contributed by atoms with Crippen LogP contribution < -0.4 is 0 Å². The van der Waals surface area contributed by atoms with Gasteiger partial charge >= 0.3 is 0 Å². The van der Waals surface area contributed by atoms with Gasteiger partial charge in [0.15, 0.2) is 0 Å². The van der Waals surface area contributed by atoms with E-state index >= 15 is 0 Å². The Morgan fingerprint density at radius 3 is 1.89 bits per heavy atom. The average molecular weight is 261 g/mol. The Bertz CT molecular complexity index is 381. The molecule has 19 heavy (non-hydrogen) atoms. The first-order valence-corrected chi connectivity index (χ1v) is 7.45. The second kappa shape index (κ2) is 6.09. The van der Waals surface area contributed by atoms with E-state index in [1.807, 2.05) is 0 Å². The number of benzene rings is 1. The van der Waals surface area contributed by atoms with Gasteiger partial charge in [-0.05, 0) is 44.7 Å². The molecule has 0 saturated heterocycles. The number of aryl methyl sites for hydroxylation is 1. The summed E-state index contributed by atoms with van der Waals surface area (Å²) in [7, 11) is 0. The lowest BCUT2D eigenvalue weighted by molar-refractivity contribution is 0.0751. The van der Waals surface area contributed by atoms with Gasteiger partial charge in [-0.15, -0.1) is 0 Å². The van der Waals surface area contributed by atoms with Crippen LogP contribution in [0.3, 0.4) is 0 Å². The quantitative estimate of drug-likeness (QED) is 0.718. The maximum atomic E-state index is 2.59. The Morgan fingerprint density at radius 1 is 0.947 bits per heavy atom. The molecule has 0 radical (unpaired) electrons. The number of rotatable bonds is 5. The normalized spacial score (nSPS) is 13.1. The minimum absolute atomic E-state index is 0.234. The van der Waals surface area contributed by atoms with Crippen molar-refractivity contribution < 1.29 is 0 Å². The Balaban J connectivity index is 2.79. The zero-order chi connectivity index (χ0) is 14.7. The van der Waals surface area contributed by atoms with E-state index in [0.29, 0.717) is 5.41 Å². The molecule has 0 aliphatic rings. The third-order valence-electron chi connectivity index (χ3n) is 3.69. The Hall–Kier alpha value is -0.820. The summed E-state index contributed by atoms with van der Waals surface area (Å²) in [5.74, 6) is 0. The van der Waals surface area contributed by atoms with Crippen LogP contribution in [0.15, 0.2) is 24.3 Å². The summed E-state index contributed by atoms with van der Waals surface area (Å²) in [6.45, 7) is 18.3. The molecule has 0 aromatic heterocycles. The van der Waals surface area contributed by atoms with Crippen LogP contribution in [0.5, 0.6) is 0 Å². The summed E-state index contributed by atoms with van der Waals surface area (Å²) in [5, 5.41) is 0. The van der Waals surface area contributed by atoms with E-state index in [9.17, 15) is 0 Å². The molecular formula is C18H31N. The Kier molecular flexibility index (Phi) is 5.20. The fourth-order valence-electron chi connectivity index (χ4n) is 3.08. The van der Waals surface area contributed by atoms with Gasteiger partial charge in [0.1, 0.15) is 0 Å². The third-order valence-corrected chi connectivity index (χ3v) is 3.69. The molecule has 0 N–H and O–H groups in total. The van der Waals surface area contributed by atoms with E-state index in [-0.39, 0.29) is 5.54 Å². The molecular weight excluding hydrogens is 230 g/mol. The lowest BCUT2D eigenvalue weighted by atomic mass is 9.80. The summed E-state index contributed by atoms with van der Waals surface area (Å²) in [6, 6.07) is 8.93. The summed E-state index contributed by atoms with van der Waals surface area (Å²) >= 11 is 0. The van der Waals surface area contributed by atoms with Crippen molar-refractivity contribution in [3.63, 3.8) is 0 Å². The molecule has 0 bridgehead atoms. The van der Waals surface area contributed by atoms with Crippen molar-refractivity contribution in [2.45, 2.75) is 67.0 Å². The number of hydrogen-bond acceptors (Lipinski definition) is 1. The highest BCUT2D eigenvalue weighted by Gasteiger charge is 2.30. The second-order valence-electron chi connectivity index (χ2n) is 7.55. The molecule has 0 fully saturated rings. The van der Waals surface area contributed by atoms with Gasteiger partial charge in [-0.1, -0.05) is 57.5 Å². The highest BCUT2D eigenvalue weighted by Crippen LogP contribution is 2.32. The standard InChI is InChI=1S/C18H31N/c1-8-19(18(6,7)14-17(3,4)5)13-16-11-9-15(2)10-12-16/h9-12H,8,13-14H2,1-7H3. The first-order valence-electron chi connectivity index (χ1n) is 7.45. The Labute approximate surface area is 120 Å². The van der Waals surface area contributed by atoms with Crippen molar-refractivity contribution >= 4 is 0 Å². The van der Waals surface area contributed by atoms with Gasteiger partial charge < -0.3 is 0 Å². The predicted octanol–water partition coefficient (Wildman–Crippen LogP) is 5.03. The first-order chi connectivity index (χ1) is 8.64. The molecule has 0 aliphatic heterocycles. The molecule has 0 saturated carbocycles. The SMILES string of the molecule is CCN(Cc1ccc(C)cc1)C(C)(C)CC(C)(C)C. The lowest BCUT2D eigenvalue weighted by Gasteiger charge is -2.42. The largest absolute Gasteiger partial charge is 0.294 e. The minimum atomic E-state index is 0.234. The molecule has 0 unspecified atom stereocenters. The van der Waals surface area contributed by atoms with Crippen LogP contribution in [0, 0.1) is 12.3 Å². The molecule has 0 atom stereocenters. The molecule has 1 nitrogen and oxygen atoms in total. The molecule has 1 rings (SSSR count). The third kappa shape index (κ3) is 5.36. The average Bonchev–Trinajstić information content (AvgIpc) is 2.24. The van der Waals surface area contributed by atoms with Crippen molar-refractivity contribution in [1.29, 1.82) is 0 Å². The minimum Gasteiger partial charge on any atom is -0.294 e. The van der Waals surface area contributed by atoms with Crippen LogP contribution in [0.25, 0.3) is 0 Å². The maximum Gasteiger partial charge on any atom is 0.0238 e. The van der Waals surface area contributed by atoms with Gasteiger partial charge in [0.05, 0.1) is 0 Å². The Morgan fingerprint density at radius 2 is 1.47 bits per heavy atom. The second-order valence-corrected chi connectivity index (χ2v) is 7.55. The van der Waals surface area contributed by atoms with Crippen LogP contribution in [0.4, 0.5) is 0 Å². The van der Waals surface area contributed by atoms with E-state index in [4.69, 9.17) is 0 Å².